The van der Waals surface area contributed by atoms with Crippen LogP contribution in [0.4, 0.5) is 5.69 Å². The van der Waals surface area contributed by atoms with Gasteiger partial charge in [0.15, 0.2) is 0 Å². The van der Waals surface area contributed by atoms with Gasteiger partial charge in [-0.3, -0.25) is 14.2 Å². The van der Waals surface area contributed by atoms with Crippen LogP contribution in [0.2, 0.25) is 5.02 Å². The fourth-order valence-electron chi connectivity index (χ4n) is 1.60. The minimum absolute atomic E-state index is 0.000376. The van der Waals surface area contributed by atoms with Gasteiger partial charge in [-0.05, 0) is 24.3 Å². The first kappa shape index (κ1) is 11.8. The number of nitrogens with one attached hydrogen (secondary N) is 1. The molecule has 1 heterocycles. The summed E-state index contributed by atoms with van der Waals surface area (Å²) in [4.78, 5) is 11.4. The largest absolute Gasteiger partial charge is 0.379 e. The molecule has 0 aliphatic heterocycles. The maximum atomic E-state index is 11.4. The van der Waals surface area contributed by atoms with Gasteiger partial charge in [0.1, 0.15) is 0 Å². The highest BCUT2D eigenvalue weighted by Gasteiger charge is 2.04. The molecule has 0 atom stereocenters. The van der Waals surface area contributed by atoms with Crippen molar-refractivity contribution in [2.75, 3.05) is 5.32 Å². The Hall–Kier alpha value is -1.68. The Morgan fingerprint density at radius 2 is 1.82 bits per heavy atom. The van der Waals surface area contributed by atoms with Gasteiger partial charge in [-0.2, -0.15) is 0 Å². The van der Waals surface area contributed by atoms with Crippen molar-refractivity contribution in [2.24, 2.45) is 14.1 Å². The van der Waals surface area contributed by atoms with Crippen LogP contribution in [0.1, 0.15) is 5.69 Å². The van der Waals surface area contributed by atoms with Crippen LogP contribution in [-0.2, 0) is 20.6 Å². The predicted molar refractivity (Wildman–Crippen MR) is 69.4 cm³/mol. The predicted octanol–water partition coefficient (Wildman–Crippen LogP) is 1.99. The molecule has 0 unspecified atom stereocenters. The molecule has 0 saturated heterocycles. The van der Waals surface area contributed by atoms with Crippen molar-refractivity contribution in [1.82, 2.24) is 9.36 Å². The van der Waals surface area contributed by atoms with E-state index in [0.29, 0.717) is 11.6 Å². The molecule has 0 spiro atoms. The van der Waals surface area contributed by atoms with E-state index < -0.39 is 0 Å². The lowest BCUT2D eigenvalue weighted by Gasteiger charge is -2.08. The van der Waals surface area contributed by atoms with Gasteiger partial charge >= 0.3 is 0 Å². The van der Waals surface area contributed by atoms with E-state index in [4.69, 9.17) is 11.6 Å². The Labute approximate surface area is 104 Å². The molecule has 2 aromatic rings. The molecule has 0 fully saturated rings. The molecule has 1 aromatic carbocycles. The van der Waals surface area contributed by atoms with Crippen molar-refractivity contribution < 1.29 is 0 Å². The Kier molecular flexibility index (Phi) is 3.24. The zero-order valence-electron chi connectivity index (χ0n) is 9.77. The molecule has 0 bridgehead atoms. The average Bonchev–Trinajstić information content (AvgIpc) is 2.56. The van der Waals surface area contributed by atoms with Gasteiger partial charge in [0.05, 0.1) is 12.2 Å². The molecule has 0 aliphatic rings. The van der Waals surface area contributed by atoms with Crippen LogP contribution in [0.25, 0.3) is 0 Å². The third-order valence-electron chi connectivity index (χ3n) is 2.79. The van der Waals surface area contributed by atoms with Gasteiger partial charge < -0.3 is 5.32 Å². The Morgan fingerprint density at radius 1 is 1.18 bits per heavy atom. The van der Waals surface area contributed by atoms with E-state index in [1.165, 1.54) is 0 Å². The lowest BCUT2D eigenvalue weighted by molar-refractivity contribution is 0.560. The van der Waals surface area contributed by atoms with Crippen LogP contribution in [0.5, 0.6) is 0 Å². The number of hydrogen-bond acceptors (Lipinski definition) is 2. The van der Waals surface area contributed by atoms with Crippen LogP contribution in [-0.4, -0.2) is 9.36 Å². The number of aromatic nitrogens is 2. The fraction of sp³-hybridized carbons (Fsp3) is 0.250. The van der Waals surface area contributed by atoms with E-state index in [1.54, 1.807) is 17.8 Å². The van der Waals surface area contributed by atoms with Gasteiger partial charge in [0.2, 0.25) is 0 Å². The molecule has 1 N–H and O–H groups in total. The molecule has 1 aromatic heterocycles. The normalized spacial score (nSPS) is 10.5. The van der Waals surface area contributed by atoms with E-state index >= 15 is 0 Å². The third kappa shape index (κ3) is 2.53. The SMILES string of the molecule is Cn1c(CNc2ccc(Cl)cc2)cc(=O)n1C. The minimum atomic E-state index is 0.000376. The second-order valence-corrected chi connectivity index (χ2v) is 4.32. The topological polar surface area (TPSA) is 39.0 Å². The second kappa shape index (κ2) is 4.67. The number of benzene rings is 1. The van der Waals surface area contributed by atoms with Gasteiger partial charge in [-0.1, -0.05) is 11.6 Å². The van der Waals surface area contributed by atoms with Crippen molar-refractivity contribution in [1.29, 1.82) is 0 Å². The number of nitrogens with zero attached hydrogens (tertiary/aromatic N) is 2. The van der Waals surface area contributed by atoms with Crippen molar-refractivity contribution >= 4 is 17.3 Å². The van der Waals surface area contributed by atoms with Crippen LogP contribution in [0.15, 0.2) is 35.1 Å². The molecule has 0 saturated carbocycles. The first-order valence-corrected chi connectivity index (χ1v) is 5.67. The molecule has 0 amide bonds. The minimum Gasteiger partial charge on any atom is -0.379 e. The van der Waals surface area contributed by atoms with Gasteiger partial charge in [-0.15, -0.1) is 0 Å². The summed E-state index contributed by atoms with van der Waals surface area (Å²) in [7, 11) is 3.61. The highest BCUT2D eigenvalue weighted by Crippen LogP contribution is 2.14. The summed E-state index contributed by atoms with van der Waals surface area (Å²) in [5, 5.41) is 3.95. The zero-order chi connectivity index (χ0) is 12.4. The van der Waals surface area contributed by atoms with Gasteiger partial charge in [-0.25, -0.2) is 0 Å². The summed E-state index contributed by atoms with van der Waals surface area (Å²) >= 11 is 5.80. The van der Waals surface area contributed by atoms with Crippen LogP contribution in [0, 0.1) is 0 Å². The first-order valence-electron chi connectivity index (χ1n) is 5.29. The summed E-state index contributed by atoms with van der Waals surface area (Å²) in [6.45, 7) is 0.605. The first-order chi connectivity index (χ1) is 8.08. The summed E-state index contributed by atoms with van der Waals surface area (Å²) in [5.41, 5.74) is 1.92. The smallest absolute Gasteiger partial charge is 0.266 e. The summed E-state index contributed by atoms with van der Waals surface area (Å²) in [6.07, 6.45) is 0. The van der Waals surface area contributed by atoms with Crippen LogP contribution >= 0.6 is 11.6 Å². The third-order valence-corrected chi connectivity index (χ3v) is 3.04. The summed E-state index contributed by atoms with van der Waals surface area (Å²) < 4.78 is 3.39. The fourth-order valence-corrected chi connectivity index (χ4v) is 1.72. The molecular formula is C12H14ClN3O. The highest BCUT2D eigenvalue weighted by atomic mass is 35.5. The Bertz CT molecular complexity index is 568. The average molecular weight is 252 g/mol. The number of anilines is 1. The summed E-state index contributed by atoms with van der Waals surface area (Å²) in [5.74, 6) is 0. The van der Waals surface area contributed by atoms with Crippen LogP contribution in [0.3, 0.4) is 0 Å². The quantitative estimate of drug-likeness (QED) is 0.906. The lowest BCUT2D eigenvalue weighted by atomic mass is 10.3. The molecule has 0 radical (unpaired) electrons. The van der Waals surface area contributed by atoms with Crippen LogP contribution < -0.4 is 10.9 Å². The molecule has 90 valence electrons. The molecule has 5 heteroatoms. The highest BCUT2D eigenvalue weighted by molar-refractivity contribution is 6.30. The van der Waals surface area contributed by atoms with Crippen molar-refractivity contribution in [3.63, 3.8) is 0 Å². The summed E-state index contributed by atoms with van der Waals surface area (Å²) in [6, 6.07) is 9.09. The number of halogens is 1. The molecule has 0 aliphatic carbocycles. The van der Waals surface area contributed by atoms with Crippen molar-refractivity contribution in [3.05, 3.63) is 51.4 Å². The van der Waals surface area contributed by atoms with E-state index in [0.717, 1.165) is 11.4 Å². The second-order valence-electron chi connectivity index (χ2n) is 3.88. The van der Waals surface area contributed by atoms with E-state index in [-0.39, 0.29) is 5.56 Å². The van der Waals surface area contributed by atoms with E-state index in [1.807, 2.05) is 36.0 Å². The van der Waals surface area contributed by atoms with Crippen molar-refractivity contribution in [2.45, 2.75) is 6.54 Å². The Balaban J connectivity index is 2.10. The lowest BCUT2D eigenvalue weighted by Crippen LogP contribution is -2.17. The van der Waals surface area contributed by atoms with Gasteiger partial charge in [0.25, 0.3) is 5.56 Å². The number of rotatable bonds is 3. The monoisotopic (exact) mass is 251 g/mol. The molecular weight excluding hydrogens is 238 g/mol. The maximum Gasteiger partial charge on any atom is 0.266 e. The molecule has 17 heavy (non-hydrogen) atoms. The maximum absolute atomic E-state index is 11.4. The van der Waals surface area contributed by atoms with Crippen molar-refractivity contribution in [3.8, 4) is 0 Å². The zero-order valence-corrected chi connectivity index (χ0v) is 10.5. The molecule has 2 rings (SSSR count). The standard InChI is InChI=1S/C12H14ClN3O/c1-15-11(7-12(17)16(15)2)8-14-10-5-3-9(13)4-6-10/h3-7,14H,8H2,1-2H3. The van der Waals surface area contributed by atoms with E-state index in [2.05, 4.69) is 5.32 Å². The molecule has 4 nitrogen and oxygen atoms in total. The Morgan fingerprint density at radius 3 is 2.35 bits per heavy atom. The number of hydrogen-bond donors (Lipinski definition) is 1. The van der Waals surface area contributed by atoms with E-state index in [9.17, 15) is 4.79 Å². The van der Waals surface area contributed by atoms with Gasteiger partial charge in [0, 0.05) is 30.9 Å².